The van der Waals surface area contributed by atoms with Gasteiger partial charge in [0.25, 0.3) is 5.91 Å². The molecule has 134 valence electrons. The van der Waals surface area contributed by atoms with E-state index < -0.39 is 5.91 Å². The quantitative estimate of drug-likeness (QED) is 0.536. The number of ether oxygens (including phenoxy) is 2. The van der Waals surface area contributed by atoms with Crippen molar-refractivity contribution >= 4 is 22.8 Å². The minimum atomic E-state index is -0.771. The number of hydrogen-bond donors (Lipinski definition) is 1. The lowest BCUT2D eigenvalue weighted by atomic mass is 10.1. The van der Waals surface area contributed by atoms with E-state index in [9.17, 15) is 4.79 Å². The van der Waals surface area contributed by atoms with Crippen LogP contribution in [0.4, 0.5) is 0 Å². The summed E-state index contributed by atoms with van der Waals surface area (Å²) in [5, 5.41) is 11.3. The van der Waals surface area contributed by atoms with Crippen molar-refractivity contribution in [2.75, 3.05) is 7.11 Å². The highest BCUT2D eigenvalue weighted by atomic mass is 16.5. The lowest BCUT2D eigenvalue weighted by Crippen LogP contribution is -2.12. The number of carbonyl (C=O) groups is 1. The summed E-state index contributed by atoms with van der Waals surface area (Å²) >= 11 is 0. The van der Waals surface area contributed by atoms with Gasteiger partial charge < -0.3 is 15.2 Å². The van der Waals surface area contributed by atoms with Crippen molar-refractivity contribution in [3.8, 4) is 17.6 Å². The second-order valence-electron chi connectivity index (χ2n) is 5.87. The molecule has 0 radical (unpaired) electrons. The number of carbonyl (C=O) groups excluding carboxylic acids is 1. The number of rotatable bonds is 6. The van der Waals surface area contributed by atoms with Crippen molar-refractivity contribution < 1.29 is 14.3 Å². The summed E-state index contributed by atoms with van der Waals surface area (Å²) in [6.07, 6.45) is 1.42. The smallest absolute Gasteiger partial charge is 0.259 e. The van der Waals surface area contributed by atoms with Crippen LogP contribution in [0.25, 0.3) is 16.8 Å². The lowest BCUT2D eigenvalue weighted by Gasteiger charge is -2.13. The molecule has 3 aromatic carbocycles. The molecule has 3 rings (SSSR count). The van der Waals surface area contributed by atoms with Gasteiger partial charge in [-0.2, -0.15) is 5.26 Å². The second-order valence-corrected chi connectivity index (χ2v) is 5.87. The highest BCUT2D eigenvalue weighted by Crippen LogP contribution is 2.30. The van der Waals surface area contributed by atoms with Crippen LogP contribution in [-0.4, -0.2) is 13.0 Å². The molecule has 5 nitrogen and oxygen atoms in total. The van der Waals surface area contributed by atoms with E-state index in [0.29, 0.717) is 23.7 Å². The second kappa shape index (κ2) is 8.07. The van der Waals surface area contributed by atoms with E-state index in [1.807, 2.05) is 24.3 Å². The molecule has 0 aliphatic carbocycles. The molecule has 0 atom stereocenters. The lowest BCUT2D eigenvalue weighted by molar-refractivity contribution is -0.114. The van der Waals surface area contributed by atoms with Gasteiger partial charge in [0.1, 0.15) is 18.2 Å². The minimum Gasteiger partial charge on any atom is -0.493 e. The number of nitrogens with zero attached hydrogens (tertiary/aromatic N) is 1. The maximum Gasteiger partial charge on any atom is 0.259 e. The summed E-state index contributed by atoms with van der Waals surface area (Å²) < 4.78 is 11.3. The Kier molecular flexibility index (Phi) is 5.38. The van der Waals surface area contributed by atoms with Gasteiger partial charge in [-0.25, -0.2) is 0 Å². The van der Waals surface area contributed by atoms with Crippen molar-refractivity contribution in [2.45, 2.75) is 6.61 Å². The highest BCUT2D eigenvalue weighted by molar-refractivity contribution is 6.00. The molecule has 0 aliphatic rings. The number of fused-ring (bicyclic) bond motifs is 1. The third kappa shape index (κ3) is 4.07. The van der Waals surface area contributed by atoms with E-state index in [1.54, 1.807) is 24.3 Å². The van der Waals surface area contributed by atoms with E-state index in [4.69, 9.17) is 20.5 Å². The summed E-state index contributed by atoms with van der Waals surface area (Å²) in [6, 6.07) is 21.2. The topological polar surface area (TPSA) is 85.3 Å². The monoisotopic (exact) mass is 358 g/mol. The van der Waals surface area contributed by atoms with E-state index in [1.165, 1.54) is 13.2 Å². The average molecular weight is 358 g/mol. The number of primary amides is 1. The van der Waals surface area contributed by atoms with Gasteiger partial charge in [0, 0.05) is 0 Å². The highest BCUT2D eigenvalue weighted by Gasteiger charge is 2.09. The molecule has 5 heteroatoms. The summed E-state index contributed by atoms with van der Waals surface area (Å²) in [4.78, 5) is 11.2. The van der Waals surface area contributed by atoms with E-state index in [-0.39, 0.29) is 5.57 Å². The fourth-order valence-corrected chi connectivity index (χ4v) is 2.79. The molecule has 0 aromatic heterocycles. The van der Waals surface area contributed by atoms with Gasteiger partial charge in [-0.3, -0.25) is 4.79 Å². The van der Waals surface area contributed by atoms with Gasteiger partial charge in [-0.15, -0.1) is 0 Å². The molecule has 0 saturated carbocycles. The summed E-state index contributed by atoms with van der Waals surface area (Å²) in [5.41, 5.74) is 6.74. The first-order valence-electron chi connectivity index (χ1n) is 8.31. The predicted molar refractivity (Wildman–Crippen MR) is 104 cm³/mol. The summed E-state index contributed by atoms with van der Waals surface area (Å²) in [7, 11) is 1.53. The molecular weight excluding hydrogens is 340 g/mol. The summed E-state index contributed by atoms with van der Waals surface area (Å²) in [6.45, 7) is 0.387. The Bertz CT molecular complexity index is 1060. The number of nitrogens with two attached hydrogens (primary N) is 1. The fraction of sp³-hybridized carbons (Fsp3) is 0.0909. The zero-order chi connectivity index (χ0) is 19.2. The molecule has 2 N–H and O–H groups in total. The van der Waals surface area contributed by atoms with Crippen LogP contribution in [0.2, 0.25) is 0 Å². The molecule has 27 heavy (non-hydrogen) atoms. The Labute approximate surface area is 157 Å². The Morgan fingerprint density at radius 3 is 2.63 bits per heavy atom. The van der Waals surface area contributed by atoms with E-state index in [0.717, 1.165) is 16.3 Å². The van der Waals surface area contributed by atoms with Crippen LogP contribution in [0, 0.1) is 11.3 Å². The van der Waals surface area contributed by atoms with Gasteiger partial charge >= 0.3 is 0 Å². The van der Waals surface area contributed by atoms with Crippen molar-refractivity contribution in [1.29, 1.82) is 5.26 Å². The number of nitriles is 1. The van der Waals surface area contributed by atoms with Crippen molar-refractivity contribution in [3.05, 3.63) is 77.4 Å². The van der Waals surface area contributed by atoms with Crippen LogP contribution in [0.1, 0.15) is 11.1 Å². The number of hydrogen-bond acceptors (Lipinski definition) is 4. The standard InChI is InChI=1S/C22H18N2O3/c1-26-21-12-15(11-18(13-23)22(24)25)9-10-20(21)27-14-17-7-4-6-16-5-2-3-8-19(16)17/h2-12H,14H2,1H3,(H2,24,25). The van der Waals surface area contributed by atoms with Crippen LogP contribution in [-0.2, 0) is 11.4 Å². The largest absolute Gasteiger partial charge is 0.493 e. The Balaban J connectivity index is 1.85. The Hall–Kier alpha value is -3.78. The van der Waals surface area contributed by atoms with Gasteiger partial charge in [0.05, 0.1) is 7.11 Å². The van der Waals surface area contributed by atoms with E-state index >= 15 is 0 Å². The first-order valence-corrected chi connectivity index (χ1v) is 8.31. The van der Waals surface area contributed by atoms with Gasteiger partial charge in [0.15, 0.2) is 11.5 Å². The number of methoxy groups -OCH3 is 1. The molecular formula is C22H18N2O3. The van der Waals surface area contributed by atoms with Gasteiger partial charge in [0.2, 0.25) is 0 Å². The van der Waals surface area contributed by atoms with Crippen LogP contribution in [0.15, 0.2) is 66.2 Å². The zero-order valence-corrected chi connectivity index (χ0v) is 14.8. The molecule has 0 heterocycles. The predicted octanol–water partition coefficient (Wildman–Crippen LogP) is 3.82. The average Bonchev–Trinajstić information content (AvgIpc) is 2.70. The zero-order valence-electron chi connectivity index (χ0n) is 14.8. The molecule has 0 unspecified atom stereocenters. The normalized spacial score (nSPS) is 11.0. The molecule has 0 aliphatic heterocycles. The van der Waals surface area contributed by atoms with Gasteiger partial charge in [-0.1, -0.05) is 48.5 Å². The molecule has 0 saturated heterocycles. The third-order valence-electron chi connectivity index (χ3n) is 4.15. The maximum atomic E-state index is 11.2. The van der Waals surface area contributed by atoms with Crippen LogP contribution in [0.3, 0.4) is 0 Å². The molecule has 1 amide bonds. The first kappa shape index (κ1) is 18.0. The van der Waals surface area contributed by atoms with Crippen LogP contribution in [0.5, 0.6) is 11.5 Å². The van der Waals surface area contributed by atoms with Crippen LogP contribution < -0.4 is 15.2 Å². The SMILES string of the molecule is COc1cc(C=C(C#N)C(N)=O)ccc1OCc1cccc2ccccc12. The number of benzene rings is 3. The summed E-state index contributed by atoms with van der Waals surface area (Å²) in [5.74, 6) is 0.304. The van der Waals surface area contributed by atoms with Crippen molar-refractivity contribution in [1.82, 2.24) is 0 Å². The molecule has 0 spiro atoms. The van der Waals surface area contributed by atoms with Crippen LogP contribution >= 0.6 is 0 Å². The maximum absolute atomic E-state index is 11.2. The molecule has 0 fully saturated rings. The fourth-order valence-electron chi connectivity index (χ4n) is 2.79. The molecule has 0 bridgehead atoms. The minimum absolute atomic E-state index is 0.124. The Morgan fingerprint density at radius 1 is 1.11 bits per heavy atom. The number of amides is 1. The van der Waals surface area contributed by atoms with Crippen molar-refractivity contribution in [3.63, 3.8) is 0 Å². The molecule has 3 aromatic rings. The van der Waals surface area contributed by atoms with Crippen molar-refractivity contribution in [2.24, 2.45) is 5.73 Å². The van der Waals surface area contributed by atoms with Gasteiger partial charge in [-0.05, 0) is 40.1 Å². The third-order valence-corrected chi connectivity index (χ3v) is 4.15. The Morgan fingerprint density at radius 2 is 1.89 bits per heavy atom. The van der Waals surface area contributed by atoms with E-state index in [2.05, 4.69) is 18.2 Å². The first-order chi connectivity index (χ1) is 13.1.